The molecule has 0 bridgehead atoms. The van der Waals surface area contributed by atoms with Crippen molar-refractivity contribution in [1.82, 2.24) is 10.2 Å². The van der Waals surface area contributed by atoms with Gasteiger partial charge in [0.25, 0.3) is 0 Å². The predicted molar refractivity (Wildman–Crippen MR) is 103 cm³/mol. The lowest BCUT2D eigenvalue weighted by molar-refractivity contribution is 0.255. The smallest absolute Gasteiger partial charge is 0.0933 e. The van der Waals surface area contributed by atoms with Crippen molar-refractivity contribution in [3.8, 4) is 0 Å². The van der Waals surface area contributed by atoms with Crippen LogP contribution in [0.5, 0.6) is 0 Å². The van der Waals surface area contributed by atoms with Crippen molar-refractivity contribution in [3.63, 3.8) is 0 Å². The van der Waals surface area contributed by atoms with Crippen molar-refractivity contribution < 1.29 is 0 Å². The van der Waals surface area contributed by atoms with E-state index in [2.05, 4.69) is 32.7 Å². The molecule has 1 N–H and O–H groups in total. The maximum absolute atomic E-state index is 4.00. The monoisotopic (exact) mass is 322 g/mol. The molecule has 0 spiro atoms. The zero-order valence-corrected chi connectivity index (χ0v) is 16.5. The van der Waals surface area contributed by atoms with E-state index in [1.807, 2.05) is 19.0 Å². The molecular formula is C21H42N2. The Morgan fingerprint density at radius 1 is 1.00 bits per heavy atom. The van der Waals surface area contributed by atoms with E-state index in [9.17, 15) is 0 Å². The van der Waals surface area contributed by atoms with Crippen molar-refractivity contribution in [2.24, 2.45) is 23.7 Å². The first-order valence-corrected chi connectivity index (χ1v) is 10.1. The first-order chi connectivity index (χ1) is 11.0. The molecule has 0 heterocycles. The molecule has 4 unspecified atom stereocenters. The summed E-state index contributed by atoms with van der Waals surface area (Å²) in [5.74, 6) is 5.02. The summed E-state index contributed by atoms with van der Waals surface area (Å²) in [5.41, 5.74) is 0. The molecule has 0 amide bonds. The fourth-order valence-electron chi connectivity index (χ4n) is 4.63. The summed E-state index contributed by atoms with van der Waals surface area (Å²) >= 11 is 0. The van der Waals surface area contributed by atoms with Crippen LogP contribution in [-0.4, -0.2) is 25.5 Å². The maximum Gasteiger partial charge on any atom is 0.0933 e. The summed E-state index contributed by atoms with van der Waals surface area (Å²) in [7, 11) is 4.07. The van der Waals surface area contributed by atoms with E-state index in [4.69, 9.17) is 0 Å². The summed E-state index contributed by atoms with van der Waals surface area (Å²) < 4.78 is 0. The van der Waals surface area contributed by atoms with Crippen LogP contribution in [0.25, 0.3) is 0 Å². The third kappa shape index (κ3) is 6.77. The second-order valence-corrected chi connectivity index (χ2v) is 7.94. The van der Waals surface area contributed by atoms with E-state index < -0.39 is 0 Å². The van der Waals surface area contributed by atoms with Gasteiger partial charge in [-0.3, -0.25) is 0 Å². The number of unbranched alkanes of at least 4 members (excludes halogenated alkanes) is 4. The fourth-order valence-corrected chi connectivity index (χ4v) is 4.63. The number of nitrogens with zero attached hydrogens (tertiary/aromatic N) is 1. The SMILES string of the molecule is C=C(NCCCCCCCC1C(C)CC(CC)C1CC)N(C)C. The second-order valence-electron chi connectivity index (χ2n) is 7.94. The molecule has 0 radical (unpaired) electrons. The standard InChI is InChI=1S/C21H42N2/c1-7-19-16-17(3)21(20(19)8-2)14-12-10-9-11-13-15-22-18(4)23(5)6/h17,19-22H,4,7-16H2,1-3,5-6H3. The van der Waals surface area contributed by atoms with Crippen LogP contribution in [0.3, 0.4) is 0 Å². The maximum atomic E-state index is 4.00. The molecule has 2 nitrogen and oxygen atoms in total. The molecule has 0 aromatic rings. The lowest BCUT2D eigenvalue weighted by Gasteiger charge is -2.24. The van der Waals surface area contributed by atoms with E-state index in [1.54, 1.807) is 0 Å². The van der Waals surface area contributed by atoms with Gasteiger partial charge in [0.15, 0.2) is 0 Å². The predicted octanol–water partition coefficient (Wildman–Crippen LogP) is 5.66. The van der Waals surface area contributed by atoms with E-state index in [1.165, 1.54) is 57.8 Å². The molecule has 1 rings (SSSR count). The van der Waals surface area contributed by atoms with Crippen molar-refractivity contribution in [2.75, 3.05) is 20.6 Å². The molecule has 1 aliphatic rings. The zero-order valence-electron chi connectivity index (χ0n) is 16.5. The summed E-state index contributed by atoms with van der Waals surface area (Å²) in [5, 5.41) is 3.38. The van der Waals surface area contributed by atoms with Gasteiger partial charge in [-0.15, -0.1) is 0 Å². The highest BCUT2D eigenvalue weighted by molar-refractivity contribution is 4.88. The van der Waals surface area contributed by atoms with Gasteiger partial charge in [-0.1, -0.05) is 65.9 Å². The van der Waals surface area contributed by atoms with Crippen molar-refractivity contribution in [1.29, 1.82) is 0 Å². The average molecular weight is 323 g/mol. The molecule has 1 fully saturated rings. The van der Waals surface area contributed by atoms with Crippen molar-refractivity contribution in [3.05, 3.63) is 12.4 Å². The third-order valence-corrected chi connectivity index (χ3v) is 6.14. The van der Waals surface area contributed by atoms with Crippen molar-refractivity contribution in [2.45, 2.75) is 78.6 Å². The van der Waals surface area contributed by atoms with Crippen LogP contribution in [-0.2, 0) is 0 Å². The molecule has 0 aliphatic heterocycles. The van der Waals surface area contributed by atoms with E-state index in [-0.39, 0.29) is 0 Å². The third-order valence-electron chi connectivity index (χ3n) is 6.14. The van der Waals surface area contributed by atoms with Gasteiger partial charge in [0.1, 0.15) is 0 Å². The molecule has 1 saturated carbocycles. The molecular weight excluding hydrogens is 280 g/mol. The first-order valence-electron chi connectivity index (χ1n) is 10.1. The summed E-state index contributed by atoms with van der Waals surface area (Å²) in [4.78, 5) is 2.04. The minimum absolute atomic E-state index is 0.964. The highest BCUT2D eigenvalue weighted by Gasteiger charge is 2.37. The minimum atomic E-state index is 0.964. The lowest BCUT2D eigenvalue weighted by atomic mass is 9.81. The molecule has 23 heavy (non-hydrogen) atoms. The summed E-state index contributed by atoms with van der Waals surface area (Å²) in [6, 6.07) is 0. The Labute approximate surface area is 146 Å². The largest absolute Gasteiger partial charge is 0.372 e. The Bertz CT molecular complexity index is 324. The number of rotatable bonds is 12. The molecule has 0 aromatic heterocycles. The summed E-state index contributed by atoms with van der Waals surface area (Å²) in [6.07, 6.45) is 12.6. The van der Waals surface area contributed by atoms with Gasteiger partial charge >= 0.3 is 0 Å². The average Bonchev–Trinajstić information content (AvgIpc) is 2.84. The number of nitrogens with one attached hydrogen (secondary N) is 1. The Morgan fingerprint density at radius 3 is 2.26 bits per heavy atom. The van der Waals surface area contributed by atoms with Crippen LogP contribution in [0.1, 0.15) is 78.6 Å². The summed E-state index contributed by atoms with van der Waals surface area (Å²) in [6.45, 7) is 12.4. The molecule has 0 aromatic carbocycles. The second kappa shape index (κ2) is 11.0. The van der Waals surface area contributed by atoms with Gasteiger partial charge in [-0.05, 0) is 42.9 Å². The number of hydrogen-bond acceptors (Lipinski definition) is 2. The van der Waals surface area contributed by atoms with E-state index >= 15 is 0 Å². The van der Waals surface area contributed by atoms with Crippen LogP contribution in [0.15, 0.2) is 12.4 Å². The highest BCUT2D eigenvalue weighted by Crippen LogP contribution is 2.46. The minimum Gasteiger partial charge on any atom is -0.372 e. The van der Waals surface area contributed by atoms with Gasteiger partial charge in [-0.25, -0.2) is 0 Å². The van der Waals surface area contributed by atoms with Crippen molar-refractivity contribution >= 4 is 0 Å². The van der Waals surface area contributed by atoms with Gasteiger partial charge < -0.3 is 10.2 Å². The zero-order chi connectivity index (χ0) is 17.2. The lowest BCUT2D eigenvalue weighted by Crippen LogP contribution is -2.25. The molecule has 2 heteroatoms. The van der Waals surface area contributed by atoms with Gasteiger partial charge in [0.05, 0.1) is 5.82 Å². The van der Waals surface area contributed by atoms with Gasteiger partial charge in [0, 0.05) is 20.6 Å². The van der Waals surface area contributed by atoms with Gasteiger partial charge in [-0.2, -0.15) is 0 Å². The quantitative estimate of drug-likeness (QED) is 0.466. The molecule has 4 atom stereocenters. The van der Waals surface area contributed by atoms with Crippen LogP contribution < -0.4 is 5.32 Å². The van der Waals surface area contributed by atoms with Crippen LogP contribution in [0, 0.1) is 23.7 Å². The highest BCUT2D eigenvalue weighted by atomic mass is 15.2. The Hall–Kier alpha value is -0.660. The fraction of sp³-hybridized carbons (Fsp3) is 0.905. The first kappa shape index (κ1) is 20.4. The van der Waals surface area contributed by atoms with Crippen LogP contribution in [0.4, 0.5) is 0 Å². The molecule has 1 aliphatic carbocycles. The molecule has 0 saturated heterocycles. The Balaban J connectivity index is 2.07. The normalized spacial score (nSPS) is 27.2. The van der Waals surface area contributed by atoms with Crippen LogP contribution >= 0.6 is 0 Å². The van der Waals surface area contributed by atoms with E-state index in [0.717, 1.165) is 36.0 Å². The topological polar surface area (TPSA) is 15.3 Å². The van der Waals surface area contributed by atoms with E-state index in [0.29, 0.717) is 0 Å². The molecule has 136 valence electrons. The van der Waals surface area contributed by atoms with Gasteiger partial charge in [0.2, 0.25) is 0 Å². The van der Waals surface area contributed by atoms with Crippen LogP contribution in [0.2, 0.25) is 0 Å². The number of hydrogen-bond donors (Lipinski definition) is 1. The Kier molecular flexibility index (Phi) is 9.74. The Morgan fingerprint density at radius 2 is 1.65 bits per heavy atom.